The number of alkyl halides is 3. The molecule has 0 aromatic carbocycles. The molecule has 0 aliphatic carbocycles. The number of hydrogen-bond acceptors (Lipinski definition) is 4. The number of anilines is 1. The predicted octanol–water partition coefficient (Wildman–Crippen LogP) is 4.65. The van der Waals surface area contributed by atoms with Gasteiger partial charge < -0.3 is 10.1 Å². The number of halogens is 3. The molecule has 0 bridgehead atoms. The Hall–Kier alpha value is -1.76. The van der Waals surface area contributed by atoms with Gasteiger partial charge in [-0.2, -0.15) is 13.2 Å². The zero-order chi connectivity index (χ0) is 15.3. The number of pyridine rings is 1. The van der Waals surface area contributed by atoms with Crippen LogP contribution in [0.3, 0.4) is 0 Å². The van der Waals surface area contributed by atoms with Gasteiger partial charge in [0.25, 0.3) is 0 Å². The van der Waals surface area contributed by atoms with Gasteiger partial charge in [-0.25, -0.2) is 4.98 Å². The number of hydrogen-bond donors (Lipinski definition) is 1. The predicted molar refractivity (Wildman–Crippen MR) is 76.8 cm³/mol. The molecule has 0 aliphatic heterocycles. The van der Waals surface area contributed by atoms with Crippen molar-refractivity contribution in [2.24, 2.45) is 0 Å². The van der Waals surface area contributed by atoms with E-state index in [2.05, 4.69) is 22.0 Å². The van der Waals surface area contributed by atoms with Crippen molar-refractivity contribution in [3.05, 3.63) is 40.7 Å². The number of thiophene rings is 1. The summed E-state index contributed by atoms with van der Waals surface area (Å²) in [6.45, 7) is 0.727. The second-order valence-electron chi connectivity index (χ2n) is 4.41. The lowest BCUT2D eigenvalue weighted by atomic mass is 10.2. The first-order chi connectivity index (χ1) is 9.98. The van der Waals surface area contributed by atoms with E-state index in [-0.39, 0.29) is 11.9 Å². The van der Waals surface area contributed by atoms with Crippen LogP contribution in [-0.4, -0.2) is 17.8 Å². The van der Waals surface area contributed by atoms with Crippen LogP contribution < -0.4 is 10.1 Å². The molecule has 2 heterocycles. The van der Waals surface area contributed by atoms with Crippen molar-refractivity contribution < 1.29 is 17.9 Å². The fourth-order valence-electron chi connectivity index (χ4n) is 1.77. The third kappa shape index (κ3) is 4.93. The maximum absolute atomic E-state index is 12.0. The second kappa shape index (κ2) is 6.80. The van der Waals surface area contributed by atoms with Crippen LogP contribution in [0.2, 0.25) is 0 Å². The summed E-state index contributed by atoms with van der Waals surface area (Å²) >= 11 is 1.66. The van der Waals surface area contributed by atoms with Crippen LogP contribution in [0, 0.1) is 0 Å². The summed E-state index contributed by atoms with van der Waals surface area (Å²) in [5, 5.41) is 5.31. The first kappa shape index (κ1) is 15.6. The Balaban J connectivity index is 1.95. The Morgan fingerprint density at radius 3 is 2.67 bits per heavy atom. The van der Waals surface area contributed by atoms with Crippen LogP contribution >= 0.6 is 11.3 Å². The summed E-state index contributed by atoms with van der Waals surface area (Å²) in [5.74, 6) is -0.0398. The van der Waals surface area contributed by atoms with Crippen molar-refractivity contribution >= 4 is 17.0 Å². The molecule has 0 spiro atoms. The molecule has 0 saturated heterocycles. The van der Waals surface area contributed by atoms with Gasteiger partial charge in [-0.1, -0.05) is 13.0 Å². The normalized spacial score (nSPS) is 13.0. The highest BCUT2D eigenvalue weighted by Crippen LogP contribution is 2.26. The number of rotatable bonds is 6. The van der Waals surface area contributed by atoms with Crippen LogP contribution in [0.5, 0.6) is 5.88 Å². The molecular formula is C14H15F3N2OS. The van der Waals surface area contributed by atoms with Gasteiger partial charge in [0.15, 0.2) is 6.61 Å². The molecule has 2 aromatic rings. The summed E-state index contributed by atoms with van der Waals surface area (Å²) < 4.78 is 40.7. The Morgan fingerprint density at radius 1 is 1.33 bits per heavy atom. The largest absolute Gasteiger partial charge is 0.468 e. The van der Waals surface area contributed by atoms with Gasteiger partial charge in [0.2, 0.25) is 5.88 Å². The van der Waals surface area contributed by atoms with E-state index >= 15 is 0 Å². The van der Waals surface area contributed by atoms with Crippen LogP contribution in [0.15, 0.2) is 35.8 Å². The quantitative estimate of drug-likeness (QED) is 0.842. The fourth-order valence-corrected chi connectivity index (χ4v) is 2.63. The van der Waals surface area contributed by atoms with Gasteiger partial charge in [-0.05, 0) is 23.9 Å². The van der Waals surface area contributed by atoms with Crippen LogP contribution in [-0.2, 0) is 0 Å². The second-order valence-corrected chi connectivity index (χ2v) is 5.39. The van der Waals surface area contributed by atoms with Crippen molar-refractivity contribution in [1.82, 2.24) is 4.98 Å². The number of nitrogens with zero attached hydrogens (tertiary/aromatic N) is 1. The standard InChI is InChI=1S/C14H15F3N2OS/c1-2-11(12-4-3-7-21-12)19-10-5-6-13(18-8-10)20-9-14(15,16)17/h3-8,11,19H,2,9H2,1H3. The zero-order valence-electron chi connectivity index (χ0n) is 11.4. The lowest BCUT2D eigenvalue weighted by molar-refractivity contribution is -0.154. The monoisotopic (exact) mass is 316 g/mol. The summed E-state index contributed by atoms with van der Waals surface area (Å²) in [6, 6.07) is 7.27. The number of aromatic nitrogens is 1. The average molecular weight is 316 g/mol. The van der Waals surface area contributed by atoms with Crippen molar-refractivity contribution in [2.75, 3.05) is 11.9 Å². The van der Waals surface area contributed by atoms with E-state index in [1.807, 2.05) is 17.5 Å². The topological polar surface area (TPSA) is 34.1 Å². The third-order valence-corrected chi connectivity index (χ3v) is 3.74. The third-order valence-electron chi connectivity index (χ3n) is 2.76. The van der Waals surface area contributed by atoms with Gasteiger partial charge in [0, 0.05) is 10.9 Å². The molecular weight excluding hydrogens is 301 g/mol. The Bertz CT molecular complexity index is 540. The zero-order valence-corrected chi connectivity index (χ0v) is 12.2. The first-order valence-electron chi connectivity index (χ1n) is 6.43. The molecule has 3 nitrogen and oxygen atoms in total. The van der Waals surface area contributed by atoms with Gasteiger partial charge in [-0.15, -0.1) is 11.3 Å². The van der Waals surface area contributed by atoms with Crippen LogP contribution in [0.4, 0.5) is 18.9 Å². The van der Waals surface area contributed by atoms with Crippen molar-refractivity contribution in [3.8, 4) is 5.88 Å². The van der Waals surface area contributed by atoms with E-state index in [4.69, 9.17) is 0 Å². The number of ether oxygens (including phenoxy) is 1. The van der Waals surface area contributed by atoms with E-state index in [0.717, 1.165) is 12.1 Å². The van der Waals surface area contributed by atoms with Crippen molar-refractivity contribution in [3.63, 3.8) is 0 Å². The summed E-state index contributed by atoms with van der Waals surface area (Å²) in [5.41, 5.74) is 0.745. The summed E-state index contributed by atoms with van der Waals surface area (Å²) in [6.07, 6.45) is -1.99. The Labute approximate surface area is 124 Å². The highest BCUT2D eigenvalue weighted by atomic mass is 32.1. The number of nitrogens with one attached hydrogen (secondary N) is 1. The molecule has 0 saturated carbocycles. The minimum absolute atomic E-state index is 0.0398. The average Bonchev–Trinajstić information content (AvgIpc) is 2.97. The van der Waals surface area contributed by atoms with Gasteiger partial charge in [0.1, 0.15) is 0 Å². The SMILES string of the molecule is CCC(Nc1ccc(OCC(F)(F)F)nc1)c1cccs1. The molecule has 2 rings (SSSR count). The van der Waals surface area contributed by atoms with Gasteiger partial charge >= 0.3 is 6.18 Å². The molecule has 1 atom stereocenters. The molecule has 0 aliphatic rings. The van der Waals surface area contributed by atoms with E-state index in [9.17, 15) is 13.2 Å². The summed E-state index contributed by atoms with van der Waals surface area (Å²) in [4.78, 5) is 5.07. The smallest absolute Gasteiger partial charge is 0.422 e. The molecule has 0 radical (unpaired) electrons. The van der Waals surface area contributed by atoms with Crippen LogP contribution in [0.1, 0.15) is 24.3 Å². The highest BCUT2D eigenvalue weighted by Gasteiger charge is 2.28. The highest BCUT2D eigenvalue weighted by molar-refractivity contribution is 7.10. The molecule has 21 heavy (non-hydrogen) atoms. The molecule has 2 aromatic heterocycles. The molecule has 1 N–H and O–H groups in total. The van der Waals surface area contributed by atoms with Gasteiger partial charge in [0.05, 0.1) is 17.9 Å². The molecule has 7 heteroatoms. The molecule has 1 unspecified atom stereocenters. The van der Waals surface area contributed by atoms with E-state index in [1.165, 1.54) is 17.1 Å². The minimum Gasteiger partial charge on any atom is -0.468 e. The maximum Gasteiger partial charge on any atom is 0.422 e. The minimum atomic E-state index is -4.36. The fraction of sp³-hybridized carbons (Fsp3) is 0.357. The lowest BCUT2D eigenvalue weighted by Crippen LogP contribution is -2.19. The Kier molecular flexibility index (Phi) is 5.06. The van der Waals surface area contributed by atoms with Crippen molar-refractivity contribution in [1.29, 1.82) is 0 Å². The van der Waals surface area contributed by atoms with E-state index in [0.29, 0.717) is 0 Å². The molecule has 0 fully saturated rings. The molecule has 114 valence electrons. The molecule has 0 amide bonds. The Morgan fingerprint density at radius 2 is 2.14 bits per heavy atom. The lowest BCUT2D eigenvalue weighted by Gasteiger charge is -2.17. The maximum atomic E-state index is 12.0. The summed E-state index contributed by atoms with van der Waals surface area (Å²) in [7, 11) is 0. The van der Waals surface area contributed by atoms with E-state index < -0.39 is 12.8 Å². The van der Waals surface area contributed by atoms with Crippen LogP contribution in [0.25, 0.3) is 0 Å². The first-order valence-corrected chi connectivity index (χ1v) is 7.31. The van der Waals surface area contributed by atoms with Crippen molar-refractivity contribution in [2.45, 2.75) is 25.6 Å². The van der Waals surface area contributed by atoms with E-state index in [1.54, 1.807) is 17.4 Å². The van der Waals surface area contributed by atoms with Gasteiger partial charge in [-0.3, -0.25) is 0 Å².